The average Bonchev–Trinajstić information content (AvgIpc) is 3.28. The Labute approximate surface area is 221 Å². The fourth-order valence-electron chi connectivity index (χ4n) is 3.42. The molecular weight excluding hydrogens is 596 g/mol. The van der Waals surface area contributed by atoms with E-state index in [4.69, 9.17) is 11.6 Å². The Hall–Kier alpha value is -3.70. The predicted molar refractivity (Wildman–Crippen MR) is 115 cm³/mol. The zero-order chi connectivity index (χ0) is 30.3. The van der Waals surface area contributed by atoms with Crippen molar-refractivity contribution < 1.29 is 58.3 Å². The van der Waals surface area contributed by atoms with Gasteiger partial charge in [0.25, 0.3) is 11.5 Å². The van der Waals surface area contributed by atoms with E-state index in [1.807, 2.05) is 5.32 Å². The first-order valence-corrected chi connectivity index (χ1v) is 11.0. The molecule has 2 N–H and O–H groups in total. The van der Waals surface area contributed by atoms with Gasteiger partial charge in [0.1, 0.15) is 23.8 Å². The standard InChI is InChI=1S/C21H14ClF10N5O3/c1-8-2-12(35-36-16(8)17(39)33-6-14(38)34-7-19(24,25)26)13-5-18(40-37-13,21(30,31)32)10-3-9(20(27,28)29)4-11(22)15(10)23/h2-4H,5-7H2,1H3,(H,33,39)(H,34,38). The monoisotopic (exact) mass is 609 g/mol. The minimum atomic E-state index is -5.51. The van der Waals surface area contributed by atoms with E-state index in [1.54, 1.807) is 0 Å². The quantitative estimate of drug-likeness (QED) is 0.467. The maximum absolute atomic E-state index is 14.7. The van der Waals surface area contributed by atoms with Crippen LogP contribution in [0.5, 0.6) is 0 Å². The minimum Gasteiger partial charge on any atom is -0.374 e. The number of amides is 2. The topological polar surface area (TPSA) is 106 Å². The van der Waals surface area contributed by atoms with Crippen LogP contribution < -0.4 is 10.6 Å². The molecule has 19 heteroatoms. The smallest absolute Gasteiger partial charge is 0.374 e. The normalized spacial score (nSPS) is 17.8. The average molecular weight is 610 g/mol. The van der Waals surface area contributed by atoms with E-state index in [-0.39, 0.29) is 17.7 Å². The molecule has 3 rings (SSSR count). The maximum Gasteiger partial charge on any atom is 0.435 e. The van der Waals surface area contributed by atoms with Crippen LogP contribution in [0.4, 0.5) is 43.9 Å². The first-order valence-electron chi connectivity index (χ1n) is 10.6. The van der Waals surface area contributed by atoms with E-state index in [1.165, 1.54) is 12.2 Å². The molecule has 1 aliphatic rings. The number of halogens is 11. The third kappa shape index (κ3) is 6.53. The van der Waals surface area contributed by atoms with Crippen molar-refractivity contribution in [3.05, 3.63) is 57.1 Å². The van der Waals surface area contributed by atoms with Gasteiger partial charge >= 0.3 is 18.5 Å². The molecular formula is C21H14ClF10N5O3. The third-order valence-corrected chi connectivity index (χ3v) is 5.64. The molecule has 0 bridgehead atoms. The molecule has 2 heterocycles. The summed E-state index contributed by atoms with van der Waals surface area (Å²) in [7, 11) is 0. The Morgan fingerprint density at radius 3 is 2.23 bits per heavy atom. The second-order valence-electron chi connectivity index (χ2n) is 8.28. The van der Waals surface area contributed by atoms with Crippen molar-refractivity contribution in [2.24, 2.45) is 5.16 Å². The van der Waals surface area contributed by atoms with Crippen LogP contribution in [0.25, 0.3) is 0 Å². The van der Waals surface area contributed by atoms with Crippen LogP contribution in [0.3, 0.4) is 0 Å². The van der Waals surface area contributed by atoms with Crippen molar-refractivity contribution >= 4 is 29.1 Å². The fraction of sp³-hybridized carbons (Fsp3) is 0.381. The number of carbonyl (C=O) groups excluding carboxylic acids is 2. The highest BCUT2D eigenvalue weighted by Crippen LogP contribution is 2.51. The molecule has 1 aromatic carbocycles. The van der Waals surface area contributed by atoms with Crippen molar-refractivity contribution in [1.82, 2.24) is 20.8 Å². The molecule has 1 aromatic heterocycles. The lowest BCUT2D eigenvalue weighted by Crippen LogP contribution is -2.43. The summed E-state index contributed by atoms with van der Waals surface area (Å²) in [6, 6.07) is 1.01. The van der Waals surface area contributed by atoms with Crippen molar-refractivity contribution in [2.45, 2.75) is 37.5 Å². The van der Waals surface area contributed by atoms with Gasteiger partial charge in [0.05, 0.1) is 23.6 Å². The molecule has 0 saturated heterocycles. The number of alkyl halides is 9. The van der Waals surface area contributed by atoms with Gasteiger partial charge in [0.15, 0.2) is 5.69 Å². The van der Waals surface area contributed by atoms with Gasteiger partial charge in [-0.1, -0.05) is 16.8 Å². The van der Waals surface area contributed by atoms with E-state index in [0.29, 0.717) is 0 Å². The predicted octanol–water partition coefficient (Wildman–Crippen LogP) is 4.59. The van der Waals surface area contributed by atoms with Crippen molar-refractivity contribution in [2.75, 3.05) is 13.1 Å². The lowest BCUT2D eigenvalue weighted by molar-refractivity contribution is -0.276. The Morgan fingerprint density at radius 2 is 1.68 bits per heavy atom. The summed E-state index contributed by atoms with van der Waals surface area (Å²) in [6.07, 6.45) is -16.7. The number of aryl methyl sites for hydroxylation is 1. The van der Waals surface area contributed by atoms with Gasteiger partial charge < -0.3 is 15.5 Å². The van der Waals surface area contributed by atoms with Gasteiger partial charge in [-0.05, 0) is 30.7 Å². The fourth-order valence-corrected chi connectivity index (χ4v) is 3.64. The summed E-state index contributed by atoms with van der Waals surface area (Å²) < 4.78 is 133. The molecule has 2 aromatic rings. The summed E-state index contributed by atoms with van der Waals surface area (Å²) in [5, 5.41) is 12.5. The number of oxime groups is 1. The van der Waals surface area contributed by atoms with E-state index in [2.05, 4.69) is 20.2 Å². The molecule has 0 aliphatic carbocycles. The first kappa shape index (κ1) is 30.8. The van der Waals surface area contributed by atoms with E-state index in [9.17, 15) is 53.5 Å². The highest BCUT2D eigenvalue weighted by Gasteiger charge is 2.64. The second kappa shape index (κ2) is 10.7. The van der Waals surface area contributed by atoms with Crippen LogP contribution in [0, 0.1) is 12.7 Å². The SMILES string of the molecule is Cc1cc(C2=NOC(c3cc(C(F)(F)F)cc(Cl)c3F)(C(F)(F)F)C2)nnc1C(=O)NCC(=O)NCC(F)(F)F. The molecule has 1 atom stereocenters. The van der Waals surface area contributed by atoms with Gasteiger partial charge in [-0.2, -0.15) is 39.5 Å². The number of benzene rings is 1. The number of nitrogens with one attached hydrogen (secondary N) is 2. The summed E-state index contributed by atoms with van der Waals surface area (Å²) >= 11 is 5.45. The molecule has 0 spiro atoms. The van der Waals surface area contributed by atoms with E-state index >= 15 is 0 Å². The number of carbonyl (C=O) groups is 2. The van der Waals surface area contributed by atoms with Crippen molar-refractivity contribution in [1.29, 1.82) is 0 Å². The summed E-state index contributed by atoms with van der Waals surface area (Å²) in [6.45, 7) is -1.29. The zero-order valence-corrected chi connectivity index (χ0v) is 20.3. The molecule has 0 fully saturated rings. The van der Waals surface area contributed by atoms with E-state index in [0.717, 1.165) is 6.07 Å². The molecule has 1 unspecified atom stereocenters. The zero-order valence-electron chi connectivity index (χ0n) is 19.6. The van der Waals surface area contributed by atoms with Gasteiger partial charge in [-0.3, -0.25) is 9.59 Å². The Morgan fingerprint density at radius 1 is 1.02 bits per heavy atom. The number of hydrogen-bond acceptors (Lipinski definition) is 6. The lowest BCUT2D eigenvalue weighted by atomic mass is 9.86. The third-order valence-electron chi connectivity index (χ3n) is 5.37. The number of nitrogens with zero attached hydrogens (tertiary/aromatic N) is 3. The number of aromatic nitrogens is 2. The van der Waals surface area contributed by atoms with Crippen LogP contribution >= 0.6 is 11.6 Å². The number of hydrogen-bond donors (Lipinski definition) is 2. The minimum absolute atomic E-state index is 0.0568. The van der Waals surface area contributed by atoms with Crippen LogP contribution in [0.1, 0.15) is 39.3 Å². The van der Waals surface area contributed by atoms with Gasteiger partial charge in [-0.25, -0.2) is 4.39 Å². The maximum atomic E-state index is 14.7. The van der Waals surface area contributed by atoms with Gasteiger partial charge in [-0.15, -0.1) is 10.2 Å². The molecule has 0 saturated carbocycles. The Balaban J connectivity index is 1.85. The molecule has 1 aliphatic heterocycles. The van der Waals surface area contributed by atoms with Crippen molar-refractivity contribution in [3.8, 4) is 0 Å². The molecule has 218 valence electrons. The summed E-state index contributed by atoms with van der Waals surface area (Å²) in [5.74, 6) is -4.08. The largest absolute Gasteiger partial charge is 0.435 e. The van der Waals surface area contributed by atoms with Crippen molar-refractivity contribution in [3.63, 3.8) is 0 Å². The summed E-state index contributed by atoms with van der Waals surface area (Å²) in [5.41, 5.74) is -8.56. The number of rotatable bonds is 6. The summed E-state index contributed by atoms with van der Waals surface area (Å²) in [4.78, 5) is 28.2. The Kier molecular flexibility index (Phi) is 8.25. The van der Waals surface area contributed by atoms with Crippen LogP contribution in [0.2, 0.25) is 5.02 Å². The van der Waals surface area contributed by atoms with E-state index < -0.39 is 94.5 Å². The van der Waals surface area contributed by atoms with Gasteiger partial charge in [0, 0.05) is 5.56 Å². The van der Waals surface area contributed by atoms with Gasteiger partial charge in [0.2, 0.25) is 5.91 Å². The lowest BCUT2D eigenvalue weighted by Gasteiger charge is -2.30. The second-order valence-corrected chi connectivity index (χ2v) is 8.69. The molecule has 2 amide bonds. The molecule has 8 nitrogen and oxygen atoms in total. The Bertz CT molecular complexity index is 1360. The van der Waals surface area contributed by atoms with Crippen LogP contribution in [-0.2, 0) is 21.4 Å². The van der Waals surface area contributed by atoms with Crippen LogP contribution in [0.15, 0.2) is 23.4 Å². The first-order chi connectivity index (χ1) is 18.2. The highest BCUT2D eigenvalue weighted by molar-refractivity contribution is 6.30. The highest BCUT2D eigenvalue weighted by atomic mass is 35.5. The molecule has 40 heavy (non-hydrogen) atoms. The van der Waals surface area contributed by atoms with Crippen LogP contribution in [-0.4, -0.2) is 53.2 Å². The molecule has 0 radical (unpaired) electrons.